The highest BCUT2D eigenvalue weighted by Gasteiger charge is 2.10. The molecule has 5 nitrogen and oxygen atoms in total. The first-order chi connectivity index (χ1) is 9.22. The van der Waals surface area contributed by atoms with Crippen LogP contribution in [0.15, 0.2) is 42.5 Å². The van der Waals surface area contributed by atoms with Crippen LogP contribution >= 0.6 is 0 Å². The number of benzene rings is 1. The second kappa shape index (κ2) is 5.77. The van der Waals surface area contributed by atoms with Crippen molar-refractivity contribution >= 4 is 12.3 Å². The Hall–Kier alpha value is -2.69. The lowest BCUT2D eigenvalue weighted by atomic mass is 10.3. The van der Waals surface area contributed by atoms with Crippen molar-refractivity contribution in [1.82, 2.24) is 4.98 Å². The van der Waals surface area contributed by atoms with Gasteiger partial charge in [-0.1, -0.05) is 6.07 Å². The van der Waals surface area contributed by atoms with E-state index >= 15 is 0 Å². The maximum atomic E-state index is 11.8. The van der Waals surface area contributed by atoms with E-state index in [1.165, 1.54) is 12.1 Å². The number of aromatic nitrogens is 1. The number of rotatable bonds is 4. The Labute approximate surface area is 109 Å². The van der Waals surface area contributed by atoms with Crippen molar-refractivity contribution in [2.75, 3.05) is 7.11 Å². The molecule has 1 aromatic heterocycles. The third-order valence-electron chi connectivity index (χ3n) is 2.37. The first kappa shape index (κ1) is 12.8. The number of ether oxygens (including phenoxy) is 2. The van der Waals surface area contributed by atoms with Gasteiger partial charge in [-0.2, -0.15) is 0 Å². The van der Waals surface area contributed by atoms with Crippen molar-refractivity contribution in [2.45, 2.75) is 0 Å². The fourth-order valence-corrected chi connectivity index (χ4v) is 1.43. The van der Waals surface area contributed by atoms with Crippen molar-refractivity contribution in [1.29, 1.82) is 0 Å². The second-order valence-corrected chi connectivity index (χ2v) is 3.63. The van der Waals surface area contributed by atoms with E-state index in [1.807, 2.05) is 0 Å². The zero-order valence-electron chi connectivity index (χ0n) is 10.2. The van der Waals surface area contributed by atoms with Crippen molar-refractivity contribution < 1.29 is 19.1 Å². The van der Waals surface area contributed by atoms with Gasteiger partial charge in [0.15, 0.2) is 6.29 Å². The highest BCUT2D eigenvalue weighted by Crippen LogP contribution is 2.17. The molecular formula is C14H11NO4. The predicted octanol–water partition coefficient (Wildman–Crippen LogP) is 2.12. The van der Waals surface area contributed by atoms with Gasteiger partial charge in [-0.25, -0.2) is 9.78 Å². The summed E-state index contributed by atoms with van der Waals surface area (Å²) in [5.41, 5.74) is 0.268. The summed E-state index contributed by atoms with van der Waals surface area (Å²) in [7, 11) is 1.55. The lowest BCUT2D eigenvalue weighted by molar-refractivity contribution is 0.0728. The minimum atomic E-state index is -0.617. The Balaban J connectivity index is 2.13. The van der Waals surface area contributed by atoms with E-state index in [1.54, 1.807) is 37.4 Å². The Morgan fingerprint density at radius 2 is 1.79 bits per heavy atom. The average molecular weight is 257 g/mol. The third kappa shape index (κ3) is 3.16. The van der Waals surface area contributed by atoms with Crippen LogP contribution in [0, 0.1) is 0 Å². The third-order valence-corrected chi connectivity index (χ3v) is 2.37. The summed E-state index contributed by atoms with van der Waals surface area (Å²) in [6.07, 6.45) is 0.574. The van der Waals surface area contributed by atoms with Gasteiger partial charge in [0.1, 0.15) is 22.9 Å². The molecule has 0 fully saturated rings. The minimum Gasteiger partial charge on any atom is -0.497 e. The second-order valence-electron chi connectivity index (χ2n) is 3.63. The minimum absolute atomic E-state index is 0.0837. The first-order valence-electron chi connectivity index (χ1n) is 5.51. The zero-order valence-corrected chi connectivity index (χ0v) is 10.2. The molecule has 1 aromatic carbocycles. The van der Waals surface area contributed by atoms with Gasteiger partial charge in [0.25, 0.3) is 0 Å². The molecule has 2 rings (SSSR count). The number of carbonyl (C=O) groups excluding carboxylic acids is 2. The van der Waals surface area contributed by atoms with Crippen LogP contribution in [-0.2, 0) is 0 Å². The highest BCUT2D eigenvalue weighted by atomic mass is 16.5. The van der Waals surface area contributed by atoms with Crippen molar-refractivity contribution in [3.05, 3.63) is 53.9 Å². The van der Waals surface area contributed by atoms with E-state index < -0.39 is 5.97 Å². The number of hydrogen-bond donors (Lipinski definition) is 0. The van der Waals surface area contributed by atoms with Crippen molar-refractivity contribution in [3.8, 4) is 11.5 Å². The van der Waals surface area contributed by atoms with Crippen molar-refractivity contribution in [2.24, 2.45) is 0 Å². The molecule has 1 heterocycles. The van der Waals surface area contributed by atoms with Crippen molar-refractivity contribution in [3.63, 3.8) is 0 Å². The number of carbonyl (C=O) groups is 2. The van der Waals surface area contributed by atoms with E-state index in [0.717, 1.165) is 0 Å². The molecule has 0 aliphatic heterocycles. The predicted molar refractivity (Wildman–Crippen MR) is 67.6 cm³/mol. The van der Waals surface area contributed by atoms with Gasteiger partial charge in [-0.05, 0) is 36.4 Å². The van der Waals surface area contributed by atoms with E-state index in [2.05, 4.69) is 4.98 Å². The Morgan fingerprint density at radius 1 is 1.11 bits per heavy atom. The average Bonchev–Trinajstić information content (AvgIpc) is 2.48. The molecule has 0 spiro atoms. The first-order valence-corrected chi connectivity index (χ1v) is 5.51. The standard InChI is InChI=1S/C14H11NO4/c1-18-11-5-7-12(8-6-11)19-14(17)13-4-2-3-10(9-16)15-13/h2-9H,1H3. The molecule has 0 aliphatic carbocycles. The summed E-state index contributed by atoms with van der Waals surface area (Å²) in [5.74, 6) is 0.429. The summed E-state index contributed by atoms with van der Waals surface area (Å²) < 4.78 is 10.1. The molecule has 2 aromatic rings. The fourth-order valence-electron chi connectivity index (χ4n) is 1.43. The van der Waals surface area contributed by atoms with E-state index in [-0.39, 0.29) is 11.4 Å². The normalized spacial score (nSPS) is 9.74. The van der Waals surface area contributed by atoms with Crippen LogP contribution in [0.2, 0.25) is 0 Å². The highest BCUT2D eigenvalue weighted by molar-refractivity contribution is 5.89. The fraction of sp³-hybridized carbons (Fsp3) is 0.0714. The molecule has 0 aliphatic rings. The molecule has 0 bridgehead atoms. The van der Waals surface area contributed by atoms with Gasteiger partial charge in [-0.15, -0.1) is 0 Å². The van der Waals surface area contributed by atoms with E-state index in [9.17, 15) is 9.59 Å². The molecular weight excluding hydrogens is 246 g/mol. The summed E-state index contributed by atoms with van der Waals surface area (Å²) in [5, 5.41) is 0. The molecule has 0 atom stereocenters. The van der Waals surface area contributed by atoms with Gasteiger partial charge in [0.2, 0.25) is 0 Å². The summed E-state index contributed by atoms with van der Waals surface area (Å²) in [6.45, 7) is 0. The van der Waals surface area contributed by atoms with Gasteiger partial charge < -0.3 is 9.47 Å². The SMILES string of the molecule is COc1ccc(OC(=O)c2cccc(C=O)n2)cc1. The molecule has 96 valence electrons. The number of aldehydes is 1. The molecule has 0 amide bonds. The molecule has 5 heteroatoms. The van der Waals surface area contributed by atoms with E-state index in [0.29, 0.717) is 17.8 Å². The summed E-state index contributed by atoms with van der Waals surface area (Å²) in [6, 6.07) is 11.1. The molecule has 19 heavy (non-hydrogen) atoms. The van der Waals surface area contributed by atoms with Crippen LogP contribution in [0.5, 0.6) is 11.5 Å². The maximum Gasteiger partial charge on any atom is 0.362 e. The van der Waals surface area contributed by atoms with Crippen LogP contribution in [0.4, 0.5) is 0 Å². The topological polar surface area (TPSA) is 65.5 Å². The Morgan fingerprint density at radius 3 is 2.42 bits per heavy atom. The summed E-state index contributed by atoms with van der Waals surface area (Å²) in [4.78, 5) is 26.2. The molecule has 0 unspecified atom stereocenters. The lowest BCUT2D eigenvalue weighted by Gasteiger charge is -2.05. The van der Waals surface area contributed by atoms with Crippen LogP contribution < -0.4 is 9.47 Å². The lowest BCUT2D eigenvalue weighted by Crippen LogP contribution is -2.11. The van der Waals surface area contributed by atoms with Crippen LogP contribution in [0.25, 0.3) is 0 Å². The quantitative estimate of drug-likeness (QED) is 0.477. The molecule has 0 saturated heterocycles. The monoisotopic (exact) mass is 257 g/mol. The van der Waals surface area contributed by atoms with Crippen LogP contribution in [0.1, 0.15) is 21.0 Å². The number of hydrogen-bond acceptors (Lipinski definition) is 5. The van der Waals surface area contributed by atoms with Gasteiger partial charge in [0.05, 0.1) is 7.11 Å². The van der Waals surface area contributed by atoms with Crippen LogP contribution in [-0.4, -0.2) is 24.3 Å². The smallest absolute Gasteiger partial charge is 0.362 e. The Kier molecular flexibility index (Phi) is 3.87. The number of nitrogens with zero attached hydrogens (tertiary/aromatic N) is 1. The Bertz CT molecular complexity index is 593. The largest absolute Gasteiger partial charge is 0.497 e. The molecule has 0 N–H and O–H groups in total. The zero-order chi connectivity index (χ0) is 13.7. The van der Waals surface area contributed by atoms with Gasteiger partial charge in [-0.3, -0.25) is 4.79 Å². The van der Waals surface area contributed by atoms with Gasteiger partial charge >= 0.3 is 5.97 Å². The number of methoxy groups -OCH3 is 1. The molecule has 0 radical (unpaired) electrons. The summed E-state index contributed by atoms with van der Waals surface area (Å²) >= 11 is 0. The molecule has 0 saturated carbocycles. The number of esters is 1. The number of pyridine rings is 1. The van der Waals surface area contributed by atoms with Gasteiger partial charge in [0, 0.05) is 0 Å². The maximum absolute atomic E-state index is 11.8. The van der Waals surface area contributed by atoms with E-state index in [4.69, 9.17) is 9.47 Å². The van der Waals surface area contributed by atoms with Crippen LogP contribution in [0.3, 0.4) is 0 Å².